The average Bonchev–Trinajstić information content (AvgIpc) is 2.63. The van der Waals surface area contributed by atoms with Crippen LogP contribution in [0.25, 0.3) is 0 Å². The Kier molecular flexibility index (Phi) is 13.0. The Bertz CT molecular complexity index is 280. The van der Waals surface area contributed by atoms with Gasteiger partial charge in [-0.1, -0.05) is 46.4 Å². The quantitative estimate of drug-likeness (QED) is 0.748. The van der Waals surface area contributed by atoms with Crippen molar-refractivity contribution in [2.45, 2.75) is 48.0 Å². The van der Waals surface area contributed by atoms with Crippen LogP contribution in [-0.2, 0) is 4.74 Å². The summed E-state index contributed by atoms with van der Waals surface area (Å²) in [6.07, 6.45) is 4.40. The zero-order valence-electron chi connectivity index (χ0n) is 12.8. The second-order valence-electron chi connectivity index (χ2n) is 3.22. The standard InChI is InChI=1S/C11H17NO2.2C2H6/c1-4-9(3)11-10(5-2)12(13)7-6-8-14-11;2*1-2/h4-5,13H,1,6-8H2,2-3H3;2*1-2H3/b10-5+,11-9+;;. The van der Waals surface area contributed by atoms with Gasteiger partial charge >= 0.3 is 0 Å². The third kappa shape index (κ3) is 5.92. The van der Waals surface area contributed by atoms with Crippen LogP contribution in [0, 0.1) is 0 Å². The summed E-state index contributed by atoms with van der Waals surface area (Å²) in [7, 11) is 0. The van der Waals surface area contributed by atoms with Gasteiger partial charge in [0.2, 0.25) is 0 Å². The molecule has 0 aromatic carbocycles. The monoisotopic (exact) mass is 255 g/mol. The first-order chi connectivity index (χ1) is 8.70. The molecular weight excluding hydrogens is 226 g/mol. The highest BCUT2D eigenvalue weighted by Crippen LogP contribution is 2.22. The lowest BCUT2D eigenvalue weighted by Crippen LogP contribution is -2.19. The van der Waals surface area contributed by atoms with Crippen molar-refractivity contribution in [1.82, 2.24) is 5.06 Å². The molecule has 1 N–H and O–H groups in total. The fourth-order valence-corrected chi connectivity index (χ4v) is 1.39. The fraction of sp³-hybridized carbons (Fsp3) is 0.600. The molecule has 106 valence electrons. The van der Waals surface area contributed by atoms with E-state index in [0.29, 0.717) is 13.2 Å². The number of allylic oxidation sites excluding steroid dienone is 3. The summed E-state index contributed by atoms with van der Waals surface area (Å²) in [5, 5.41) is 10.9. The first-order valence-corrected chi connectivity index (χ1v) is 6.80. The summed E-state index contributed by atoms with van der Waals surface area (Å²) in [6.45, 7) is 16.7. The third-order valence-corrected chi connectivity index (χ3v) is 2.21. The van der Waals surface area contributed by atoms with E-state index in [2.05, 4.69) is 6.58 Å². The Labute approximate surface area is 112 Å². The number of rotatable bonds is 1. The lowest BCUT2D eigenvalue weighted by molar-refractivity contribution is -0.0510. The van der Waals surface area contributed by atoms with Crippen molar-refractivity contribution in [3.63, 3.8) is 0 Å². The molecular formula is C15H29NO2. The second kappa shape index (κ2) is 12.2. The zero-order valence-corrected chi connectivity index (χ0v) is 12.8. The predicted molar refractivity (Wildman–Crippen MR) is 78.4 cm³/mol. The minimum absolute atomic E-state index is 0.605. The van der Waals surface area contributed by atoms with E-state index in [4.69, 9.17) is 4.74 Å². The van der Waals surface area contributed by atoms with Crippen molar-refractivity contribution in [1.29, 1.82) is 0 Å². The molecule has 0 atom stereocenters. The van der Waals surface area contributed by atoms with Crippen LogP contribution in [0.15, 0.2) is 35.8 Å². The highest BCUT2D eigenvalue weighted by atomic mass is 16.5. The molecule has 1 aliphatic heterocycles. The molecule has 3 heteroatoms. The average molecular weight is 255 g/mol. The molecule has 0 saturated carbocycles. The van der Waals surface area contributed by atoms with E-state index in [-0.39, 0.29) is 0 Å². The molecule has 1 heterocycles. The van der Waals surface area contributed by atoms with E-state index in [9.17, 15) is 5.21 Å². The molecule has 18 heavy (non-hydrogen) atoms. The molecule has 1 aliphatic rings. The normalized spacial score (nSPS) is 19.5. The Morgan fingerprint density at radius 2 is 1.89 bits per heavy atom. The van der Waals surface area contributed by atoms with Gasteiger partial charge in [0, 0.05) is 13.0 Å². The van der Waals surface area contributed by atoms with Crippen LogP contribution < -0.4 is 0 Å². The van der Waals surface area contributed by atoms with E-state index in [1.54, 1.807) is 6.08 Å². The first-order valence-electron chi connectivity index (χ1n) is 6.80. The Balaban J connectivity index is 0. The molecule has 0 amide bonds. The van der Waals surface area contributed by atoms with Crippen LogP contribution in [0.1, 0.15) is 48.0 Å². The molecule has 1 rings (SSSR count). The van der Waals surface area contributed by atoms with Crippen LogP contribution >= 0.6 is 0 Å². The van der Waals surface area contributed by atoms with E-state index < -0.39 is 0 Å². The van der Waals surface area contributed by atoms with Crippen molar-refractivity contribution < 1.29 is 9.94 Å². The topological polar surface area (TPSA) is 32.7 Å². The lowest BCUT2D eigenvalue weighted by atomic mass is 10.2. The van der Waals surface area contributed by atoms with Gasteiger partial charge in [-0.15, -0.1) is 0 Å². The van der Waals surface area contributed by atoms with Crippen molar-refractivity contribution in [2.75, 3.05) is 13.2 Å². The second-order valence-corrected chi connectivity index (χ2v) is 3.22. The van der Waals surface area contributed by atoms with E-state index in [0.717, 1.165) is 23.5 Å². The van der Waals surface area contributed by atoms with E-state index in [1.165, 1.54) is 5.06 Å². The van der Waals surface area contributed by atoms with Crippen LogP contribution in [-0.4, -0.2) is 23.4 Å². The van der Waals surface area contributed by atoms with Crippen molar-refractivity contribution in [3.8, 4) is 0 Å². The first kappa shape index (κ1) is 19.1. The SMILES string of the molecule is C=C/C(C)=C1/OCCCN(O)/C1=C/C.CC.CC. The molecule has 3 nitrogen and oxygen atoms in total. The number of hydrogen-bond donors (Lipinski definition) is 1. The van der Waals surface area contributed by atoms with Gasteiger partial charge < -0.3 is 4.74 Å². The molecule has 0 unspecified atom stereocenters. The number of hydroxylamine groups is 2. The highest BCUT2D eigenvalue weighted by Gasteiger charge is 2.18. The third-order valence-electron chi connectivity index (χ3n) is 2.21. The minimum atomic E-state index is 0.605. The number of ether oxygens (including phenoxy) is 1. The molecule has 0 aromatic heterocycles. The predicted octanol–water partition coefficient (Wildman–Crippen LogP) is 4.51. The molecule has 0 spiro atoms. The van der Waals surface area contributed by atoms with Gasteiger partial charge in [0.05, 0.1) is 6.61 Å². The highest BCUT2D eigenvalue weighted by molar-refractivity contribution is 5.33. The molecule has 0 aliphatic carbocycles. The summed E-state index contributed by atoms with van der Waals surface area (Å²) in [4.78, 5) is 0. The van der Waals surface area contributed by atoms with E-state index >= 15 is 0 Å². The molecule has 0 aromatic rings. The summed E-state index contributed by atoms with van der Waals surface area (Å²) >= 11 is 0. The van der Waals surface area contributed by atoms with Gasteiger partial charge in [0.25, 0.3) is 0 Å². The van der Waals surface area contributed by atoms with Gasteiger partial charge in [-0.25, -0.2) is 0 Å². The lowest BCUT2D eigenvalue weighted by Gasteiger charge is -2.18. The summed E-state index contributed by atoms with van der Waals surface area (Å²) in [5.74, 6) is 0.725. The zero-order chi connectivity index (χ0) is 14.6. The number of hydrogen-bond acceptors (Lipinski definition) is 3. The molecule has 0 bridgehead atoms. The Morgan fingerprint density at radius 1 is 1.33 bits per heavy atom. The van der Waals surface area contributed by atoms with Crippen molar-refractivity contribution >= 4 is 0 Å². The molecule has 1 saturated heterocycles. The molecule has 0 radical (unpaired) electrons. The smallest absolute Gasteiger partial charge is 0.147 e. The van der Waals surface area contributed by atoms with Crippen LogP contribution in [0.3, 0.4) is 0 Å². The fourth-order valence-electron chi connectivity index (χ4n) is 1.39. The summed E-state index contributed by atoms with van der Waals surface area (Å²) < 4.78 is 5.57. The number of nitrogens with zero attached hydrogens (tertiary/aromatic N) is 1. The maximum absolute atomic E-state index is 9.68. The van der Waals surface area contributed by atoms with Gasteiger partial charge in [-0.2, -0.15) is 0 Å². The Morgan fingerprint density at radius 3 is 2.33 bits per heavy atom. The summed E-state index contributed by atoms with van der Waals surface area (Å²) in [6, 6.07) is 0. The van der Waals surface area contributed by atoms with Gasteiger partial charge in [0.15, 0.2) is 0 Å². The van der Waals surface area contributed by atoms with Gasteiger partial charge in [-0.05, 0) is 19.4 Å². The maximum Gasteiger partial charge on any atom is 0.147 e. The van der Waals surface area contributed by atoms with Crippen molar-refractivity contribution in [2.24, 2.45) is 0 Å². The summed E-state index contributed by atoms with van der Waals surface area (Å²) in [5.41, 5.74) is 1.67. The Hall–Kier alpha value is -1.22. The molecule has 1 fully saturated rings. The van der Waals surface area contributed by atoms with Crippen LogP contribution in [0.5, 0.6) is 0 Å². The van der Waals surface area contributed by atoms with Crippen molar-refractivity contribution in [3.05, 3.63) is 35.8 Å². The van der Waals surface area contributed by atoms with Gasteiger partial charge in [-0.3, -0.25) is 10.3 Å². The van der Waals surface area contributed by atoms with Gasteiger partial charge in [0.1, 0.15) is 11.5 Å². The maximum atomic E-state index is 9.68. The largest absolute Gasteiger partial charge is 0.491 e. The van der Waals surface area contributed by atoms with Crippen LogP contribution in [0.4, 0.5) is 0 Å². The van der Waals surface area contributed by atoms with E-state index in [1.807, 2.05) is 47.6 Å². The van der Waals surface area contributed by atoms with Crippen LogP contribution in [0.2, 0.25) is 0 Å². The minimum Gasteiger partial charge on any atom is -0.491 e.